The third-order valence-corrected chi connectivity index (χ3v) is 2.81. The highest BCUT2D eigenvalue weighted by Gasteiger charge is 2.25. The molecule has 0 saturated heterocycles. The fourth-order valence-corrected chi connectivity index (χ4v) is 1.80. The molecule has 2 aromatic rings. The molecule has 1 amide bonds. The number of amides is 1. The summed E-state index contributed by atoms with van der Waals surface area (Å²) < 4.78 is 0. The first-order chi connectivity index (χ1) is 8.99. The second kappa shape index (κ2) is 5.11. The van der Waals surface area contributed by atoms with Crippen molar-refractivity contribution in [1.29, 1.82) is 0 Å². The molecule has 19 heavy (non-hydrogen) atoms. The van der Waals surface area contributed by atoms with Gasteiger partial charge in [-0.25, -0.2) is 4.79 Å². The lowest BCUT2D eigenvalue weighted by Crippen LogP contribution is -2.47. The predicted molar refractivity (Wildman–Crippen MR) is 68.9 cm³/mol. The first-order valence-corrected chi connectivity index (χ1v) is 5.78. The number of carboxylic acids is 1. The first-order valence-electron chi connectivity index (χ1n) is 5.78. The number of carbonyl (C=O) groups excluding carboxylic acids is 1. The van der Waals surface area contributed by atoms with E-state index in [1.165, 1.54) is 6.92 Å². The molecule has 0 spiro atoms. The molecule has 0 unspecified atom stereocenters. The number of hydrogen-bond donors (Lipinski definition) is 4. The molecular weight excluding hydrogens is 248 g/mol. The smallest absolute Gasteiger partial charge is 0.328 e. The zero-order valence-electron chi connectivity index (χ0n) is 10.3. The predicted octanol–water partition coefficient (Wildman–Crippen LogP) is 0.732. The number of carbonyl (C=O) groups is 2. The summed E-state index contributed by atoms with van der Waals surface area (Å²) in [6.07, 6.45) is -1.18. The SMILES string of the molecule is C[C@@H](O)[C@H](NC(=O)c1cc2ccccc2[nH]1)C(=O)O. The number of carboxylic acid groups (broad SMARTS) is 1. The molecule has 1 aromatic carbocycles. The number of nitrogens with one attached hydrogen (secondary N) is 2. The van der Waals surface area contributed by atoms with Crippen molar-refractivity contribution >= 4 is 22.8 Å². The second-order valence-corrected chi connectivity index (χ2v) is 4.30. The van der Waals surface area contributed by atoms with Gasteiger partial charge in [-0.2, -0.15) is 0 Å². The summed E-state index contributed by atoms with van der Waals surface area (Å²) in [6, 6.07) is 7.62. The van der Waals surface area contributed by atoms with Crippen LogP contribution in [0.5, 0.6) is 0 Å². The molecule has 1 heterocycles. The van der Waals surface area contributed by atoms with Crippen LogP contribution in [0.4, 0.5) is 0 Å². The van der Waals surface area contributed by atoms with Crippen molar-refractivity contribution in [3.8, 4) is 0 Å². The molecule has 100 valence electrons. The summed E-state index contributed by atoms with van der Waals surface area (Å²) >= 11 is 0. The van der Waals surface area contributed by atoms with E-state index in [1.54, 1.807) is 6.07 Å². The van der Waals surface area contributed by atoms with Crippen LogP contribution in [0.3, 0.4) is 0 Å². The molecule has 6 nitrogen and oxygen atoms in total. The largest absolute Gasteiger partial charge is 0.480 e. The molecule has 2 rings (SSSR count). The molecule has 0 aliphatic carbocycles. The third kappa shape index (κ3) is 2.74. The number of benzene rings is 1. The van der Waals surface area contributed by atoms with Crippen molar-refractivity contribution in [2.45, 2.75) is 19.1 Å². The molecule has 0 saturated carbocycles. The molecule has 0 fully saturated rings. The van der Waals surface area contributed by atoms with Crippen molar-refractivity contribution in [2.24, 2.45) is 0 Å². The van der Waals surface area contributed by atoms with E-state index < -0.39 is 24.0 Å². The minimum absolute atomic E-state index is 0.258. The van der Waals surface area contributed by atoms with Gasteiger partial charge in [0, 0.05) is 10.9 Å². The molecule has 4 N–H and O–H groups in total. The lowest BCUT2D eigenvalue weighted by atomic mass is 10.2. The van der Waals surface area contributed by atoms with Gasteiger partial charge in [0.2, 0.25) is 0 Å². The maximum absolute atomic E-state index is 11.9. The topological polar surface area (TPSA) is 102 Å². The van der Waals surface area contributed by atoms with E-state index in [1.807, 2.05) is 24.3 Å². The molecular formula is C13H14N2O4. The highest BCUT2D eigenvalue weighted by atomic mass is 16.4. The number of hydrogen-bond acceptors (Lipinski definition) is 3. The Morgan fingerprint density at radius 1 is 1.32 bits per heavy atom. The Balaban J connectivity index is 2.21. The van der Waals surface area contributed by atoms with Gasteiger partial charge in [-0.1, -0.05) is 18.2 Å². The Bertz CT molecular complexity index is 585. The van der Waals surface area contributed by atoms with Gasteiger partial charge in [0.05, 0.1) is 6.10 Å². The van der Waals surface area contributed by atoms with Crippen LogP contribution in [-0.2, 0) is 4.79 Å². The van der Waals surface area contributed by atoms with E-state index in [0.717, 1.165) is 10.9 Å². The lowest BCUT2D eigenvalue weighted by Gasteiger charge is -2.16. The number of para-hydroxylation sites is 1. The van der Waals surface area contributed by atoms with Crippen molar-refractivity contribution in [3.63, 3.8) is 0 Å². The minimum Gasteiger partial charge on any atom is -0.480 e. The highest BCUT2D eigenvalue weighted by Crippen LogP contribution is 2.14. The number of aliphatic carboxylic acids is 1. The quantitative estimate of drug-likeness (QED) is 0.652. The zero-order chi connectivity index (χ0) is 14.0. The van der Waals surface area contributed by atoms with E-state index in [2.05, 4.69) is 10.3 Å². The molecule has 0 aliphatic rings. The lowest BCUT2D eigenvalue weighted by molar-refractivity contribution is -0.141. The summed E-state index contributed by atoms with van der Waals surface area (Å²) in [4.78, 5) is 25.7. The summed E-state index contributed by atoms with van der Waals surface area (Å²) in [5.74, 6) is -1.84. The number of aromatic nitrogens is 1. The summed E-state index contributed by atoms with van der Waals surface area (Å²) in [6.45, 7) is 1.31. The first kappa shape index (κ1) is 13.1. The van der Waals surface area contributed by atoms with Gasteiger partial charge in [0.1, 0.15) is 5.69 Å². The van der Waals surface area contributed by atoms with Gasteiger partial charge in [-0.15, -0.1) is 0 Å². The van der Waals surface area contributed by atoms with Crippen molar-refractivity contribution < 1.29 is 19.8 Å². The fourth-order valence-electron chi connectivity index (χ4n) is 1.80. The van der Waals surface area contributed by atoms with Crippen molar-refractivity contribution in [3.05, 3.63) is 36.0 Å². The second-order valence-electron chi connectivity index (χ2n) is 4.30. The van der Waals surface area contributed by atoms with Gasteiger partial charge in [0.15, 0.2) is 6.04 Å². The van der Waals surface area contributed by atoms with E-state index in [4.69, 9.17) is 5.11 Å². The number of rotatable bonds is 4. The monoisotopic (exact) mass is 262 g/mol. The minimum atomic E-state index is -1.33. The van der Waals surface area contributed by atoms with E-state index in [9.17, 15) is 14.7 Å². The van der Waals surface area contributed by atoms with Crippen LogP contribution < -0.4 is 5.32 Å². The van der Waals surface area contributed by atoms with Crippen molar-refractivity contribution in [2.75, 3.05) is 0 Å². The van der Waals surface area contributed by atoms with Crippen LogP contribution in [-0.4, -0.2) is 39.2 Å². The highest BCUT2D eigenvalue weighted by molar-refractivity contribution is 5.99. The van der Waals surface area contributed by atoms with Crippen molar-refractivity contribution in [1.82, 2.24) is 10.3 Å². The zero-order valence-corrected chi connectivity index (χ0v) is 10.3. The van der Waals surface area contributed by atoms with Crippen LogP contribution >= 0.6 is 0 Å². The number of aromatic amines is 1. The van der Waals surface area contributed by atoms with E-state index >= 15 is 0 Å². The maximum atomic E-state index is 11.9. The number of fused-ring (bicyclic) bond motifs is 1. The normalized spacial score (nSPS) is 14.0. The molecule has 0 bridgehead atoms. The van der Waals surface area contributed by atoms with Gasteiger partial charge < -0.3 is 20.5 Å². The van der Waals surface area contributed by atoms with Gasteiger partial charge in [0.25, 0.3) is 5.91 Å². The van der Waals surface area contributed by atoms with Gasteiger partial charge in [-0.3, -0.25) is 4.79 Å². The average molecular weight is 262 g/mol. The molecule has 0 aliphatic heterocycles. The Hall–Kier alpha value is -2.34. The fraction of sp³-hybridized carbons (Fsp3) is 0.231. The molecule has 0 radical (unpaired) electrons. The maximum Gasteiger partial charge on any atom is 0.328 e. The Morgan fingerprint density at radius 2 is 2.00 bits per heavy atom. The van der Waals surface area contributed by atoms with E-state index in [0.29, 0.717) is 0 Å². The molecule has 6 heteroatoms. The third-order valence-electron chi connectivity index (χ3n) is 2.81. The molecule has 2 atom stereocenters. The molecule has 1 aromatic heterocycles. The van der Waals surface area contributed by atoms with Crippen LogP contribution in [0, 0.1) is 0 Å². The van der Waals surface area contributed by atoms with Crippen LogP contribution in [0.15, 0.2) is 30.3 Å². The Morgan fingerprint density at radius 3 is 2.58 bits per heavy atom. The van der Waals surface area contributed by atoms with Crippen LogP contribution in [0.1, 0.15) is 17.4 Å². The summed E-state index contributed by atoms with van der Waals surface area (Å²) in [5, 5.41) is 21.3. The van der Waals surface area contributed by atoms with E-state index in [-0.39, 0.29) is 5.69 Å². The number of aliphatic hydroxyl groups excluding tert-OH is 1. The summed E-state index contributed by atoms with van der Waals surface area (Å²) in [5.41, 5.74) is 1.05. The number of H-pyrrole nitrogens is 1. The average Bonchev–Trinajstić information content (AvgIpc) is 2.78. The standard InChI is InChI=1S/C13H14N2O4/c1-7(16)11(13(18)19)15-12(17)10-6-8-4-2-3-5-9(8)14-10/h2-7,11,14,16H,1H3,(H,15,17)(H,18,19)/t7-,11+/m1/s1. The van der Waals surface area contributed by atoms with Crippen LogP contribution in [0.2, 0.25) is 0 Å². The van der Waals surface area contributed by atoms with Gasteiger partial charge in [-0.05, 0) is 19.1 Å². The number of aliphatic hydroxyl groups is 1. The van der Waals surface area contributed by atoms with Gasteiger partial charge >= 0.3 is 5.97 Å². The Kier molecular flexibility index (Phi) is 3.52. The Labute approximate surface area is 109 Å². The van der Waals surface area contributed by atoms with Crippen LogP contribution in [0.25, 0.3) is 10.9 Å². The summed E-state index contributed by atoms with van der Waals surface area (Å²) in [7, 11) is 0.